The summed E-state index contributed by atoms with van der Waals surface area (Å²) in [5.74, 6) is 5.60. The lowest BCUT2D eigenvalue weighted by Crippen LogP contribution is -2.18. The third-order valence-corrected chi connectivity index (χ3v) is 3.16. The number of nitrogen functional groups attached to an aromatic ring is 1. The average Bonchev–Trinajstić information content (AvgIpc) is 2.47. The molecule has 2 rings (SSSR count). The zero-order valence-electron chi connectivity index (χ0n) is 11.7. The van der Waals surface area contributed by atoms with Gasteiger partial charge in [-0.3, -0.25) is 10.6 Å². The summed E-state index contributed by atoms with van der Waals surface area (Å²) in [6.45, 7) is 4.20. The van der Waals surface area contributed by atoms with Gasteiger partial charge in [-0.05, 0) is 29.7 Å². The first kappa shape index (κ1) is 14.1. The van der Waals surface area contributed by atoms with E-state index in [2.05, 4.69) is 24.6 Å². The van der Waals surface area contributed by atoms with Crippen LogP contribution in [0, 0.1) is 0 Å². The lowest BCUT2D eigenvalue weighted by atomic mass is 10.0. The number of rotatable bonds is 4. The van der Waals surface area contributed by atoms with Crippen molar-refractivity contribution in [1.82, 2.24) is 0 Å². The maximum Gasteiger partial charge on any atom is 0.257 e. The van der Waals surface area contributed by atoms with Crippen LogP contribution in [0.2, 0.25) is 0 Å². The van der Waals surface area contributed by atoms with Gasteiger partial charge in [0.15, 0.2) is 0 Å². The second-order valence-electron chi connectivity index (χ2n) is 4.89. The van der Waals surface area contributed by atoms with Crippen molar-refractivity contribution >= 4 is 17.3 Å². The van der Waals surface area contributed by atoms with E-state index in [9.17, 15) is 4.79 Å². The Bertz CT molecular complexity index is 608. The molecule has 0 bridgehead atoms. The highest BCUT2D eigenvalue weighted by Gasteiger charge is 2.13. The van der Waals surface area contributed by atoms with E-state index in [4.69, 9.17) is 5.84 Å². The summed E-state index contributed by atoms with van der Waals surface area (Å²) in [6.07, 6.45) is 0. The second kappa shape index (κ2) is 6.21. The van der Waals surface area contributed by atoms with E-state index in [1.807, 2.05) is 36.4 Å². The van der Waals surface area contributed by atoms with Gasteiger partial charge in [0, 0.05) is 5.69 Å². The zero-order chi connectivity index (χ0) is 14.5. The van der Waals surface area contributed by atoms with Crippen LogP contribution < -0.4 is 16.6 Å². The van der Waals surface area contributed by atoms with Crippen molar-refractivity contribution in [3.8, 4) is 0 Å². The number of para-hydroxylation sites is 2. The van der Waals surface area contributed by atoms with E-state index in [0.29, 0.717) is 17.2 Å². The molecule has 1 amide bonds. The van der Waals surface area contributed by atoms with Crippen LogP contribution in [0.25, 0.3) is 0 Å². The number of nitrogens with two attached hydrogens (primary N) is 1. The summed E-state index contributed by atoms with van der Waals surface area (Å²) < 4.78 is 0. The number of nitrogens with one attached hydrogen (secondary N) is 2. The molecule has 0 heterocycles. The molecule has 0 aliphatic heterocycles. The minimum absolute atomic E-state index is 0.174. The van der Waals surface area contributed by atoms with Crippen LogP contribution in [0.5, 0.6) is 0 Å². The highest BCUT2D eigenvalue weighted by Crippen LogP contribution is 2.25. The molecule has 0 fully saturated rings. The highest BCUT2D eigenvalue weighted by atomic mass is 16.1. The first-order valence-corrected chi connectivity index (χ1v) is 6.59. The molecular weight excluding hydrogens is 250 g/mol. The number of carbonyl (C=O) groups excluding carboxylic acids is 1. The van der Waals surface area contributed by atoms with Gasteiger partial charge in [-0.2, -0.15) is 0 Å². The van der Waals surface area contributed by atoms with Gasteiger partial charge >= 0.3 is 0 Å². The fraction of sp³-hybridized carbons (Fsp3) is 0.188. The first-order valence-electron chi connectivity index (χ1n) is 6.59. The second-order valence-corrected chi connectivity index (χ2v) is 4.89. The van der Waals surface area contributed by atoms with E-state index in [0.717, 1.165) is 11.3 Å². The summed E-state index contributed by atoms with van der Waals surface area (Å²) in [7, 11) is 0. The van der Waals surface area contributed by atoms with Crippen LogP contribution in [0.4, 0.5) is 11.4 Å². The number of anilines is 2. The Morgan fingerprint density at radius 3 is 2.25 bits per heavy atom. The van der Waals surface area contributed by atoms with Crippen molar-refractivity contribution in [2.75, 3.05) is 10.7 Å². The molecule has 0 radical (unpaired) electrons. The maximum absolute atomic E-state index is 12.4. The van der Waals surface area contributed by atoms with Gasteiger partial charge in [0.1, 0.15) is 0 Å². The van der Waals surface area contributed by atoms with E-state index in [1.54, 1.807) is 12.1 Å². The van der Waals surface area contributed by atoms with Crippen molar-refractivity contribution in [3.05, 3.63) is 59.7 Å². The molecule has 4 heteroatoms. The number of benzene rings is 2. The Morgan fingerprint density at radius 1 is 1.00 bits per heavy atom. The van der Waals surface area contributed by atoms with Crippen molar-refractivity contribution in [2.24, 2.45) is 5.84 Å². The van der Waals surface area contributed by atoms with Crippen LogP contribution in [-0.4, -0.2) is 5.91 Å². The van der Waals surface area contributed by atoms with E-state index in [-0.39, 0.29) is 5.91 Å². The molecule has 20 heavy (non-hydrogen) atoms. The minimum atomic E-state index is -0.174. The summed E-state index contributed by atoms with van der Waals surface area (Å²) in [5, 5.41) is 2.95. The summed E-state index contributed by atoms with van der Waals surface area (Å²) >= 11 is 0. The lowest BCUT2D eigenvalue weighted by molar-refractivity contribution is 0.102. The molecule has 104 valence electrons. The predicted octanol–water partition coefficient (Wildman–Crippen LogP) is 3.35. The quantitative estimate of drug-likeness (QED) is 0.589. The standard InChI is InChI=1S/C16H19N3O/c1-11(2)12-7-3-5-9-14(12)18-16(20)13-8-4-6-10-15(13)19-17/h3-11,19H,17H2,1-2H3,(H,18,20). The van der Waals surface area contributed by atoms with Gasteiger partial charge in [-0.1, -0.05) is 44.2 Å². The molecule has 4 nitrogen and oxygen atoms in total. The van der Waals surface area contributed by atoms with Gasteiger partial charge in [-0.25, -0.2) is 0 Å². The van der Waals surface area contributed by atoms with Gasteiger partial charge < -0.3 is 10.7 Å². The van der Waals surface area contributed by atoms with Crippen LogP contribution in [-0.2, 0) is 0 Å². The smallest absolute Gasteiger partial charge is 0.257 e. The number of hydrazine groups is 1. The minimum Gasteiger partial charge on any atom is -0.323 e. The number of carbonyl (C=O) groups is 1. The third-order valence-electron chi connectivity index (χ3n) is 3.16. The normalized spacial score (nSPS) is 10.4. The molecule has 0 saturated heterocycles. The third kappa shape index (κ3) is 2.97. The maximum atomic E-state index is 12.4. The Morgan fingerprint density at radius 2 is 1.60 bits per heavy atom. The number of hydrogen-bond donors (Lipinski definition) is 3. The molecule has 0 aliphatic carbocycles. The van der Waals surface area contributed by atoms with Gasteiger partial charge in [0.05, 0.1) is 11.3 Å². The van der Waals surface area contributed by atoms with E-state index >= 15 is 0 Å². The van der Waals surface area contributed by atoms with E-state index < -0.39 is 0 Å². The number of amides is 1. The molecule has 0 aliphatic rings. The first-order chi connectivity index (χ1) is 9.63. The molecule has 2 aromatic rings. The highest BCUT2D eigenvalue weighted by molar-refractivity contribution is 6.08. The van der Waals surface area contributed by atoms with Crippen LogP contribution >= 0.6 is 0 Å². The summed E-state index contributed by atoms with van der Waals surface area (Å²) in [6, 6.07) is 15.0. The molecular formula is C16H19N3O. The molecule has 0 atom stereocenters. The fourth-order valence-corrected chi connectivity index (χ4v) is 2.11. The molecule has 0 saturated carbocycles. The largest absolute Gasteiger partial charge is 0.323 e. The molecule has 2 aromatic carbocycles. The van der Waals surface area contributed by atoms with Crippen LogP contribution in [0.15, 0.2) is 48.5 Å². The summed E-state index contributed by atoms with van der Waals surface area (Å²) in [5.41, 5.74) is 5.61. The Hall–Kier alpha value is -2.33. The van der Waals surface area contributed by atoms with Crippen molar-refractivity contribution in [2.45, 2.75) is 19.8 Å². The molecule has 0 spiro atoms. The van der Waals surface area contributed by atoms with Crippen molar-refractivity contribution in [3.63, 3.8) is 0 Å². The zero-order valence-corrected chi connectivity index (χ0v) is 11.7. The SMILES string of the molecule is CC(C)c1ccccc1NC(=O)c1ccccc1NN. The summed E-state index contributed by atoms with van der Waals surface area (Å²) in [4.78, 5) is 12.4. The van der Waals surface area contributed by atoms with Crippen molar-refractivity contribution < 1.29 is 4.79 Å². The Balaban J connectivity index is 2.28. The van der Waals surface area contributed by atoms with E-state index in [1.165, 1.54) is 0 Å². The van der Waals surface area contributed by atoms with Crippen LogP contribution in [0.1, 0.15) is 35.7 Å². The van der Waals surface area contributed by atoms with Crippen molar-refractivity contribution in [1.29, 1.82) is 0 Å². The average molecular weight is 269 g/mol. The molecule has 4 N–H and O–H groups in total. The lowest BCUT2D eigenvalue weighted by Gasteiger charge is -2.14. The van der Waals surface area contributed by atoms with Gasteiger partial charge in [0.2, 0.25) is 0 Å². The molecule has 0 unspecified atom stereocenters. The monoisotopic (exact) mass is 269 g/mol. The Labute approximate surface area is 119 Å². The molecule has 0 aromatic heterocycles. The number of hydrogen-bond acceptors (Lipinski definition) is 3. The predicted molar refractivity (Wildman–Crippen MR) is 82.7 cm³/mol. The van der Waals surface area contributed by atoms with Gasteiger partial charge in [0.25, 0.3) is 5.91 Å². The topological polar surface area (TPSA) is 67.2 Å². The van der Waals surface area contributed by atoms with Crippen LogP contribution in [0.3, 0.4) is 0 Å². The fourth-order valence-electron chi connectivity index (χ4n) is 2.11. The van der Waals surface area contributed by atoms with Gasteiger partial charge in [-0.15, -0.1) is 0 Å². The Kier molecular flexibility index (Phi) is 4.38.